The van der Waals surface area contributed by atoms with Gasteiger partial charge in [-0.2, -0.15) is 0 Å². The van der Waals surface area contributed by atoms with E-state index in [1.165, 1.54) is 12.1 Å². The first-order valence-electron chi connectivity index (χ1n) is 4.24. The highest BCUT2D eigenvalue weighted by molar-refractivity contribution is 5.45. The summed E-state index contributed by atoms with van der Waals surface area (Å²) in [6.45, 7) is 0. The first-order valence-corrected chi connectivity index (χ1v) is 4.24. The number of phenolic OH excluding ortho intramolecular Hbond substituents is 1. The van der Waals surface area contributed by atoms with Gasteiger partial charge in [0.1, 0.15) is 5.75 Å². The van der Waals surface area contributed by atoms with Gasteiger partial charge < -0.3 is 9.67 Å². The molecule has 3 nitrogen and oxygen atoms in total. The summed E-state index contributed by atoms with van der Waals surface area (Å²) in [5.41, 5.74) is 0.615. The van der Waals surface area contributed by atoms with E-state index in [0.29, 0.717) is 5.69 Å². The lowest BCUT2D eigenvalue weighted by Crippen LogP contribution is -2.01. The van der Waals surface area contributed by atoms with Gasteiger partial charge in [0.15, 0.2) is 5.43 Å². The summed E-state index contributed by atoms with van der Waals surface area (Å²) in [4.78, 5) is 10.9. The zero-order chi connectivity index (χ0) is 9.97. The van der Waals surface area contributed by atoms with Crippen molar-refractivity contribution in [1.29, 1.82) is 0 Å². The van der Waals surface area contributed by atoms with Crippen LogP contribution in [0.25, 0.3) is 5.69 Å². The van der Waals surface area contributed by atoms with Gasteiger partial charge in [-0.15, -0.1) is 0 Å². The SMILES string of the molecule is O=c1ccn(-c2ccccc2O)cc1. The molecule has 1 aromatic heterocycles. The molecule has 0 aliphatic heterocycles. The molecule has 2 aromatic rings. The minimum absolute atomic E-state index is 0.0447. The van der Waals surface area contributed by atoms with Crippen LogP contribution in [0.3, 0.4) is 0 Å². The summed E-state index contributed by atoms with van der Waals surface area (Å²) in [5.74, 6) is 0.191. The minimum Gasteiger partial charge on any atom is -0.506 e. The zero-order valence-corrected chi connectivity index (χ0v) is 7.42. The Morgan fingerprint density at radius 2 is 1.64 bits per heavy atom. The predicted molar refractivity (Wildman–Crippen MR) is 53.7 cm³/mol. The first kappa shape index (κ1) is 8.56. The normalized spacial score (nSPS) is 10.0. The molecular weight excluding hydrogens is 178 g/mol. The molecule has 70 valence electrons. The number of para-hydroxylation sites is 2. The second-order valence-corrected chi connectivity index (χ2v) is 2.93. The van der Waals surface area contributed by atoms with Crippen molar-refractivity contribution in [3.05, 3.63) is 59.0 Å². The van der Waals surface area contributed by atoms with Crippen molar-refractivity contribution in [2.75, 3.05) is 0 Å². The number of hydrogen-bond donors (Lipinski definition) is 1. The largest absolute Gasteiger partial charge is 0.506 e. The average molecular weight is 187 g/mol. The number of pyridine rings is 1. The molecule has 2 rings (SSSR count). The predicted octanol–water partition coefficient (Wildman–Crippen LogP) is 1.54. The van der Waals surface area contributed by atoms with Gasteiger partial charge in [0.05, 0.1) is 5.69 Å². The second-order valence-electron chi connectivity index (χ2n) is 2.93. The molecule has 0 aliphatic carbocycles. The Kier molecular flexibility index (Phi) is 2.07. The van der Waals surface area contributed by atoms with Gasteiger partial charge in [-0.05, 0) is 12.1 Å². The molecule has 0 atom stereocenters. The fourth-order valence-electron chi connectivity index (χ4n) is 1.26. The summed E-state index contributed by atoms with van der Waals surface area (Å²) < 4.78 is 1.69. The third-order valence-electron chi connectivity index (χ3n) is 1.96. The minimum atomic E-state index is -0.0447. The summed E-state index contributed by atoms with van der Waals surface area (Å²) >= 11 is 0. The monoisotopic (exact) mass is 187 g/mol. The molecule has 0 fully saturated rings. The Morgan fingerprint density at radius 3 is 2.29 bits per heavy atom. The summed E-state index contributed by atoms with van der Waals surface area (Å²) in [7, 11) is 0. The van der Waals surface area contributed by atoms with Crippen molar-refractivity contribution in [2.24, 2.45) is 0 Å². The Balaban J connectivity index is 2.55. The molecular formula is C11H9NO2. The lowest BCUT2D eigenvalue weighted by atomic mass is 10.3. The quantitative estimate of drug-likeness (QED) is 0.735. The van der Waals surface area contributed by atoms with Crippen molar-refractivity contribution in [3.63, 3.8) is 0 Å². The van der Waals surface area contributed by atoms with Gasteiger partial charge in [-0.3, -0.25) is 4.79 Å². The lowest BCUT2D eigenvalue weighted by molar-refractivity contribution is 0.472. The molecule has 0 unspecified atom stereocenters. The molecule has 0 amide bonds. The van der Waals surface area contributed by atoms with Crippen LogP contribution in [-0.2, 0) is 0 Å². The van der Waals surface area contributed by atoms with E-state index in [9.17, 15) is 9.90 Å². The van der Waals surface area contributed by atoms with Crippen molar-refractivity contribution in [2.45, 2.75) is 0 Å². The van der Waals surface area contributed by atoms with Crippen LogP contribution in [0.5, 0.6) is 5.75 Å². The molecule has 0 bridgehead atoms. The lowest BCUT2D eigenvalue weighted by Gasteiger charge is -2.06. The van der Waals surface area contributed by atoms with Gasteiger partial charge in [-0.1, -0.05) is 12.1 Å². The molecule has 3 heteroatoms. The Labute approximate surface area is 80.9 Å². The van der Waals surface area contributed by atoms with Gasteiger partial charge in [0, 0.05) is 24.5 Å². The van der Waals surface area contributed by atoms with Crippen LogP contribution in [0.15, 0.2) is 53.6 Å². The Hall–Kier alpha value is -2.03. The Morgan fingerprint density at radius 1 is 1.00 bits per heavy atom. The molecule has 0 aliphatic rings. The molecule has 0 saturated heterocycles. The standard InChI is InChI=1S/C11H9NO2/c13-9-5-7-12(8-6-9)10-3-1-2-4-11(10)14/h1-8,14H. The van der Waals surface area contributed by atoms with E-state index in [1.807, 2.05) is 6.07 Å². The number of nitrogens with zero attached hydrogens (tertiary/aromatic N) is 1. The van der Waals surface area contributed by atoms with E-state index in [0.717, 1.165) is 0 Å². The topological polar surface area (TPSA) is 42.2 Å². The Bertz CT molecular complexity index is 482. The molecule has 0 spiro atoms. The third-order valence-corrected chi connectivity index (χ3v) is 1.96. The van der Waals surface area contributed by atoms with Crippen molar-refractivity contribution >= 4 is 0 Å². The fourth-order valence-corrected chi connectivity index (χ4v) is 1.26. The van der Waals surface area contributed by atoms with E-state index in [1.54, 1.807) is 35.2 Å². The van der Waals surface area contributed by atoms with E-state index in [2.05, 4.69) is 0 Å². The zero-order valence-electron chi connectivity index (χ0n) is 7.42. The summed E-state index contributed by atoms with van der Waals surface area (Å²) in [6.07, 6.45) is 3.24. The van der Waals surface area contributed by atoms with Crippen LogP contribution in [0.4, 0.5) is 0 Å². The van der Waals surface area contributed by atoms with E-state index >= 15 is 0 Å². The maximum atomic E-state index is 10.9. The molecule has 0 radical (unpaired) electrons. The average Bonchev–Trinajstić information content (AvgIpc) is 2.20. The first-order chi connectivity index (χ1) is 6.77. The van der Waals surface area contributed by atoms with Crippen molar-refractivity contribution < 1.29 is 5.11 Å². The van der Waals surface area contributed by atoms with Crippen molar-refractivity contribution in [1.82, 2.24) is 4.57 Å². The number of rotatable bonds is 1. The highest BCUT2D eigenvalue weighted by Gasteiger charge is 1.99. The summed E-state index contributed by atoms with van der Waals surface area (Å²) in [5, 5.41) is 9.53. The highest BCUT2D eigenvalue weighted by atomic mass is 16.3. The molecule has 1 heterocycles. The van der Waals surface area contributed by atoms with Gasteiger partial charge in [0.25, 0.3) is 0 Å². The molecule has 14 heavy (non-hydrogen) atoms. The van der Waals surface area contributed by atoms with Crippen LogP contribution in [0.2, 0.25) is 0 Å². The van der Waals surface area contributed by atoms with Gasteiger partial charge in [-0.25, -0.2) is 0 Å². The molecule has 1 aromatic carbocycles. The number of aromatic nitrogens is 1. The summed E-state index contributed by atoms with van der Waals surface area (Å²) in [6, 6.07) is 9.86. The van der Waals surface area contributed by atoms with Crippen LogP contribution in [0, 0.1) is 0 Å². The number of benzene rings is 1. The third kappa shape index (κ3) is 1.52. The number of hydrogen-bond acceptors (Lipinski definition) is 2. The maximum Gasteiger partial charge on any atom is 0.181 e. The number of phenols is 1. The van der Waals surface area contributed by atoms with Crippen LogP contribution in [0.1, 0.15) is 0 Å². The maximum absolute atomic E-state index is 10.9. The van der Waals surface area contributed by atoms with Crippen LogP contribution < -0.4 is 5.43 Å². The fraction of sp³-hybridized carbons (Fsp3) is 0. The van der Waals surface area contributed by atoms with E-state index in [4.69, 9.17) is 0 Å². The smallest absolute Gasteiger partial charge is 0.181 e. The van der Waals surface area contributed by atoms with Gasteiger partial charge >= 0.3 is 0 Å². The second kappa shape index (κ2) is 3.38. The highest BCUT2D eigenvalue weighted by Crippen LogP contribution is 2.19. The molecule has 1 N–H and O–H groups in total. The van der Waals surface area contributed by atoms with E-state index < -0.39 is 0 Å². The van der Waals surface area contributed by atoms with Crippen LogP contribution >= 0.6 is 0 Å². The van der Waals surface area contributed by atoms with Crippen LogP contribution in [-0.4, -0.2) is 9.67 Å². The van der Waals surface area contributed by atoms with Gasteiger partial charge in [0.2, 0.25) is 0 Å². The number of aromatic hydroxyl groups is 1. The van der Waals surface area contributed by atoms with E-state index in [-0.39, 0.29) is 11.2 Å². The van der Waals surface area contributed by atoms with Crippen molar-refractivity contribution in [3.8, 4) is 11.4 Å². The molecule has 0 saturated carbocycles.